The van der Waals surface area contributed by atoms with E-state index in [1.165, 1.54) is 0 Å². The van der Waals surface area contributed by atoms with Crippen molar-refractivity contribution in [3.63, 3.8) is 0 Å². The summed E-state index contributed by atoms with van der Waals surface area (Å²) in [4.78, 5) is 25.2. The van der Waals surface area contributed by atoms with Crippen molar-refractivity contribution in [3.05, 3.63) is 46.3 Å². The first-order valence-electron chi connectivity index (χ1n) is 7.40. The maximum atomic E-state index is 12.2. The molecule has 0 aliphatic rings. The Morgan fingerprint density at radius 2 is 2.13 bits per heavy atom. The van der Waals surface area contributed by atoms with E-state index >= 15 is 0 Å². The summed E-state index contributed by atoms with van der Waals surface area (Å²) in [5.41, 5.74) is 1.51. The molecule has 0 bridgehead atoms. The van der Waals surface area contributed by atoms with E-state index in [1.54, 1.807) is 17.5 Å². The van der Waals surface area contributed by atoms with Gasteiger partial charge in [0.2, 0.25) is 0 Å². The fraction of sp³-hybridized carbons (Fsp3) is 0.312. The van der Waals surface area contributed by atoms with Crippen LogP contribution in [0, 0.1) is 0 Å². The molecule has 0 amide bonds. The molecule has 0 fully saturated rings. The number of Topliss-reactive ketones (excluding diaryl/α,β-unsaturated/α-hetero) is 1. The summed E-state index contributed by atoms with van der Waals surface area (Å²) in [5.74, 6) is 1.51. The van der Waals surface area contributed by atoms with Crippen molar-refractivity contribution in [2.24, 2.45) is 0 Å². The maximum Gasteiger partial charge on any atom is 0.199 e. The van der Waals surface area contributed by atoms with Crippen molar-refractivity contribution >= 4 is 17.1 Å². The number of nitrogens with zero attached hydrogens (tertiary/aromatic N) is 4. The van der Waals surface area contributed by atoms with E-state index in [0.717, 1.165) is 10.7 Å². The van der Waals surface area contributed by atoms with Gasteiger partial charge in [0, 0.05) is 23.9 Å². The molecule has 23 heavy (non-hydrogen) atoms. The van der Waals surface area contributed by atoms with Crippen LogP contribution in [0.5, 0.6) is 0 Å². The smallest absolute Gasteiger partial charge is 0.199 e. The number of pyridine rings is 1. The number of aromatic amines is 1. The number of rotatable bonds is 6. The minimum Gasteiger partial charge on any atom is -0.299 e. The van der Waals surface area contributed by atoms with Gasteiger partial charge in [0.15, 0.2) is 5.82 Å². The second-order valence-corrected chi connectivity index (χ2v) is 6.43. The van der Waals surface area contributed by atoms with Crippen LogP contribution < -0.4 is 0 Å². The van der Waals surface area contributed by atoms with Gasteiger partial charge in [-0.25, -0.2) is 9.97 Å². The van der Waals surface area contributed by atoms with Gasteiger partial charge in [-0.1, -0.05) is 19.9 Å². The lowest BCUT2D eigenvalue weighted by Gasteiger charge is -1.97. The minimum atomic E-state index is 0.0642. The molecule has 0 radical (unpaired) electrons. The largest absolute Gasteiger partial charge is 0.299 e. The van der Waals surface area contributed by atoms with E-state index in [-0.39, 0.29) is 12.2 Å². The molecule has 6 nitrogen and oxygen atoms in total. The van der Waals surface area contributed by atoms with Crippen molar-refractivity contribution in [3.8, 4) is 11.5 Å². The molecule has 118 valence electrons. The monoisotopic (exact) mass is 327 g/mol. The average molecular weight is 327 g/mol. The Bertz CT molecular complexity index is 794. The van der Waals surface area contributed by atoms with Crippen LogP contribution in [0.15, 0.2) is 29.8 Å². The highest BCUT2D eigenvalue weighted by atomic mass is 32.1. The van der Waals surface area contributed by atoms with Crippen LogP contribution in [-0.4, -0.2) is 30.9 Å². The lowest BCUT2D eigenvalue weighted by Crippen LogP contribution is -2.08. The van der Waals surface area contributed by atoms with Gasteiger partial charge in [-0.15, -0.1) is 11.3 Å². The van der Waals surface area contributed by atoms with E-state index in [1.807, 2.05) is 23.6 Å². The first-order valence-corrected chi connectivity index (χ1v) is 8.28. The van der Waals surface area contributed by atoms with Crippen molar-refractivity contribution in [1.82, 2.24) is 25.1 Å². The molecular formula is C16H17N5OS. The summed E-state index contributed by atoms with van der Waals surface area (Å²) in [7, 11) is 0. The zero-order valence-electron chi connectivity index (χ0n) is 13.0. The third-order valence-electron chi connectivity index (χ3n) is 3.23. The SMILES string of the molecule is CC(C)c1nc(CC(=O)Cc2nc(-c3ccccn3)n[nH]2)cs1. The van der Waals surface area contributed by atoms with Crippen molar-refractivity contribution in [2.45, 2.75) is 32.6 Å². The zero-order chi connectivity index (χ0) is 16.2. The van der Waals surface area contributed by atoms with Crippen LogP contribution in [0.2, 0.25) is 0 Å². The molecule has 7 heteroatoms. The Morgan fingerprint density at radius 3 is 2.83 bits per heavy atom. The molecule has 3 aromatic rings. The molecule has 0 saturated carbocycles. The van der Waals surface area contributed by atoms with E-state index in [0.29, 0.717) is 29.7 Å². The van der Waals surface area contributed by atoms with Gasteiger partial charge in [0.25, 0.3) is 0 Å². The fourth-order valence-electron chi connectivity index (χ4n) is 2.10. The van der Waals surface area contributed by atoms with Crippen molar-refractivity contribution in [1.29, 1.82) is 0 Å². The molecule has 0 atom stereocenters. The molecule has 0 aliphatic carbocycles. The number of carbonyl (C=O) groups is 1. The first-order chi connectivity index (χ1) is 11.1. The normalized spacial score (nSPS) is 11.1. The third kappa shape index (κ3) is 3.87. The molecule has 0 saturated heterocycles. The Morgan fingerprint density at radius 1 is 1.26 bits per heavy atom. The van der Waals surface area contributed by atoms with Gasteiger partial charge < -0.3 is 0 Å². The third-order valence-corrected chi connectivity index (χ3v) is 4.43. The standard InChI is InChI=1S/C16H17N5OS/c1-10(2)16-18-11(9-23-16)7-12(22)8-14-19-15(21-20-14)13-5-3-4-6-17-13/h3-6,9-10H,7-8H2,1-2H3,(H,19,20,21). The Labute approximate surface area is 138 Å². The van der Waals surface area contributed by atoms with Gasteiger partial charge in [-0.05, 0) is 12.1 Å². The lowest BCUT2D eigenvalue weighted by atomic mass is 10.1. The highest BCUT2D eigenvalue weighted by molar-refractivity contribution is 7.09. The predicted octanol–water partition coefficient (Wildman–Crippen LogP) is 2.80. The molecule has 3 aromatic heterocycles. The highest BCUT2D eigenvalue weighted by Crippen LogP contribution is 2.19. The predicted molar refractivity (Wildman–Crippen MR) is 88.2 cm³/mol. The van der Waals surface area contributed by atoms with Crippen LogP contribution in [0.4, 0.5) is 0 Å². The summed E-state index contributed by atoms with van der Waals surface area (Å²) >= 11 is 1.60. The summed E-state index contributed by atoms with van der Waals surface area (Å²) in [6.07, 6.45) is 2.22. The van der Waals surface area contributed by atoms with E-state index in [9.17, 15) is 4.79 Å². The zero-order valence-corrected chi connectivity index (χ0v) is 13.8. The van der Waals surface area contributed by atoms with Crippen LogP contribution in [0.25, 0.3) is 11.5 Å². The topological polar surface area (TPSA) is 84.4 Å². The van der Waals surface area contributed by atoms with Gasteiger partial charge in [0.05, 0.1) is 17.1 Å². The number of hydrogen-bond donors (Lipinski definition) is 1. The summed E-state index contributed by atoms with van der Waals surface area (Å²) < 4.78 is 0. The molecule has 0 aliphatic heterocycles. The summed E-state index contributed by atoms with van der Waals surface area (Å²) in [6.45, 7) is 4.19. The summed E-state index contributed by atoms with van der Waals surface area (Å²) in [6, 6.07) is 5.54. The van der Waals surface area contributed by atoms with Crippen molar-refractivity contribution < 1.29 is 4.79 Å². The number of thiazole rings is 1. The lowest BCUT2D eigenvalue weighted by molar-refractivity contribution is -0.117. The molecule has 0 spiro atoms. The highest BCUT2D eigenvalue weighted by Gasteiger charge is 2.13. The van der Waals surface area contributed by atoms with E-state index < -0.39 is 0 Å². The van der Waals surface area contributed by atoms with Gasteiger partial charge in [-0.3, -0.25) is 14.9 Å². The first kappa shape index (κ1) is 15.5. The fourth-order valence-corrected chi connectivity index (χ4v) is 2.94. The second kappa shape index (κ2) is 6.78. The number of H-pyrrole nitrogens is 1. The van der Waals surface area contributed by atoms with Crippen LogP contribution in [0.1, 0.15) is 36.3 Å². The Balaban J connectivity index is 1.63. The van der Waals surface area contributed by atoms with E-state index in [2.05, 4.69) is 39.0 Å². The number of carbonyl (C=O) groups excluding carboxylic acids is 1. The second-order valence-electron chi connectivity index (χ2n) is 5.54. The number of aromatic nitrogens is 5. The summed E-state index contributed by atoms with van der Waals surface area (Å²) in [5, 5.41) is 9.93. The molecule has 3 rings (SSSR count). The van der Waals surface area contributed by atoms with Crippen LogP contribution in [-0.2, 0) is 17.6 Å². The quantitative estimate of drug-likeness (QED) is 0.752. The molecule has 0 aromatic carbocycles. The molecule has 0 unspecified atom stereocenters. The molecule has 3 heterocycles. The Hall–Kier alpha value is -2.41. The van der Waals surface area contributed by atoms with E-state index in [4.69, 9.17) is 0 Å². The van der Waals surface area contributed by atoms with Crippen molar-refractivity contribution in [2.75, 3.05) is 0 Å². The van der Waals surface area contributed by atoms with Crippen LogP contribution in [0.3, 0.4) is 0 Å². The van der Waals surface area contributed by atoms with Crippen LogP contribution >= 0.6 is 11.3 Å². The van der Waals surface area contributed by atoms with Gasteiger partial charge >= 0.3 is 0 Å². The Kier molecular flexibility index (Phi) is 4.57. The minimum absolute atomic E-state index is 0.0642. The number of nitrogens with one attached hydrogen (secondary N) is 1. The van der Waals surface area contributed by atoms with Gasteiger partial charge in [0.1, 0.15) is 17.3 Å². The number of ketones is 1. The molecular weight excluding hydrogens is 310 g/mol. The van der Waals surface area contributed by atoms with Gasteiger partial charge in [-0.2, -0.15) is 5.10 Å². The molecule has 1 N–H and O–H groups in total. The number of hydrogen-bond acceptors (Lipinski definition) is 6. The maximum absolute atomic E-state index is 12.2. The average Bonchev–Trinajstić information content (AvgIpc) is 3.18.